The lowest BCUT2D eigenvalue weighted by molar-refractivity contribution is -0.179. The van der Waals surface area contributed by atoms with E-state index in [1.807, 2.05) is 20.8 Å². The van der Waals surface area contributed by atoms with E-state index < -0.39 is 5.60 Å². The van der Waals surface area contributed by atoms with Crippen molar-refractivity contribution in [3.8, 4) is 0 Å². The summed E-state index contributed by atoms with van der Waals surface area (Å²) < 4.78 is 17.5. The second-order valence-corrected chi connectivity index (χ2v) is 9.09. The number of carbonyl (C=O) groups excluding carboxylic acids is 1. The van der Waals surface area contributed by atoms with Crippen LogP contribution in [0.3, 0.4) is 0 Å². The Morgan fingerprint density at radius 2 is 1.88 bits per heavy atom. The molecule has 25 heavy (non-hydrogen) atoms. The smallest absolute Gasteiger partial charge is 0.410 e. The third-order valence-electron chi connectivity index (χ3n) is 5.45. The molecule has 3 atom stereocenters. The van der Waals surface area contributed by atoms with Crippen molar-refractivity contribution in [2.24, 2.45) is 5.92 Å². The molecule has 0 aliphatic carbocycles. The summed E-state index contributed by atoms with van der Waals surface area (Å²) in [6.07, 6.45) is 3.71. The maximum atomic E-state index is 12.3. The molecule has 0 aromatic carbocycles. The van der Waals surface area contributed by atoms with Crippen molar-refractivity contribution >= 4 is 6.09 Å². The first-order chi connectivity index (χ1) is 11.7. The highest BCUT2D eigenvalue weighted by atomic mass is 16.6. The minimum absolute atomic E-state index is 0.237. The molecular weight excluding hydrogens is 320 g/mol. The van der Waals surface area contributed by atoms with Crippen LogP contribution in [0.25, 0.3) is 0 Å². The van der Waals surface area contributed by atoms with Crippen LogP contribution in [0.5, 0.6) is 0 Å². The molecule has 0 aromatic rings. The summed E-state index contributed by atoms with van der Waals surface area (Å²) in [5.74, 6) is 0.644. The number of nitrogens with one attached hydrogen (secondary N) is 1. The number of ether oxygens (including phenoxy) is 3. The molecule has 3 heterocycles. The molecule has 0 radical (unpaired) electrons. The molecule has 0 bridgehead atoms. The number of rotatable bonds is 2. The van der Waals surface area contributed by atoms with Crippen molar-refractivity contribution < 1.29 is 19.0 Å². The van der Waals surface area contributed by atoms with Gasteiger partial charge in [0.1, 0.15) is 11.2 Å². The molecule has 3 unspecified atom stereocenters. The van der Waals surface area contributed by atoms with Gasteiger partial charge in [-0.2, -0.15) is 0 Å². The Morgan fingerprint density at radius 1 is 1.24 bits per heavy atom. The van der Waals surface area contributed by atoms with Crippen LogP contribution in [0, 0.1) is 5.92 Å². The monoisotopic (exact) mass is 354 g/mol. The van der Waals surface area contributed by atoms with Crippen LogP contribution in [-0.2, 0) is 14.2 Å². The van der Waals surface area contributed by atoms with Gasteiger partial charge in [-0.1, -0.05) is 0 Å². The first-order valence-corrected chi connectivity index (χ1v) is 9.67. The number of hydrogen-bond donors (Lipinski definition) is 1. The molecule has 0 aromatic heterocycles. The largest absolute Gasteiger partial charge is 0.444 e. The fourth-order valence-corrected chi connectivity index (χ4v) is 4.51. The first-order valence-electron chi connectivity index (χ1n) is 9.67. The lowest BCUT2D eigenvalue weighted by Crippen LogP contribution is -2.75. The van der Waals surface area contributed by atoms with Gasteiger partial charge in [0.15, 0.2) is 0 Å². The first kappa shape index (κ1) is 18.9. The zero-order valence-electron chi connectivity index (χ0n) is 16.3. The summed E-state index contributed by atoms with van der Waals surface area (Å²) in [6.45, 7) is 12.8. The van der Waals surface area contributed by atoms with E-state index >= 15 is 0 Å². The van der Waals surface area contributed by atoms with Gasteiger partial charge in [-0.05, 0) is 59.8 Å². The highest BCUT2D eigenvalue weighted by molar-refractivity contribution is 5.69. The van der Waals surface area contributed by atoms with E-state index in [0.29, 0.717) is 43.9 Å². The summed E-state index contributed by atoms with van der Waals surface area (Å²) in [7, 11) is 0. The van der Waals surface area contributed by atoms with Crippen molar-refractivity contribution in [1.82, 2.24) is 10.2 Å². The number of carbonyl (C=O) groups is 1. The van der Waals surface area contributed by atoms with Gasteiger partial charge in [0, 0.05) is 12.6 Å². The van der Waals surface area contributed by atoms with Crippen LogP contribution >= 0.6 is 0 Å². The van der Waals surface area contributed by atoms with Gasteiger partial charge in [0.25, 0.3) is 0 Å². The van der Waals surface area contributed by atoms with Gasteiger partial charge in [-0.15, -0.1) is 0 Å². The highest BCUT2D eigenvalue weighted by Crippen LogP contribution is 2.37. The van der Waals surface area contributed by atoms with Crippen LogP contribution in [-0.4, -0.2) is 66.7 Å². The van der Waals surface area contributed by atoms with Gasteiger partial charge in [-0.25, -0.2) is 4.79 Å². The Kier molecular flexibility index (Phi) is 5.33. The molecule has 3 fully saturated rings. The lowest BCUT2D eigenvalue weighted by Gasteiger charge is -2.56. The normalized spacial score (nSPS) is 35.3. The number of amides is 1. The molecule has 6 nitrogen and oxygen atoms in total. The van der Waals surface area contributed by atoms with E-state index in [2.05, 4.69) is 19.2 Å². The van der Waals surface area contributed by atoms with Crippen LogP contribution in [0.15, 0.2) is 0 Å². The van der Waals surface area contributed by atoms with Gasteiger partial charge >= 0.3 is 6.09 Å². The van der Waals surface area contributed by atoms with Crippen molar-refractivity contribution in [1.29, 1.82) is 0 Å². The summed E-state index contributed by atoms with van der Waals surface area (Å²) in [5.41, 5.74) is -0.709. The minimum atomic E-state index is -0.459. The van der Waals surface area contributed by atoms with Crippen LogP contribution in [0.1, 0.15) is 53.9 Å². The van der Waals surface area contributed by atoms with Gasteiger partial charge in [-0.3, -0.25) is 0 Å². The van der Waals surface area contributed by atoms with Crippen molar-refractivity contribution in [2.75, 3.05) is 26.2 Å². The Bertz CT molecular complexity index is 474. The number of hydrogen-bond acceptors (Lipinski definition) is 5. The number of likely N-dealkylation sites (tertiary alicyclic amines) is 1. The average molecular weight is 354 g/mol. The average Bonchev–Trinajstić information content (AvgIpc) is 2.42. The summed E-state index contributed by atoms with van der Waals surface area (Å²) >= 11 is 0. The number of nitrogens with zero attached hydrogens (tertiary/aromatic N) is 1. The van der Waals surface area contributed by atoms with E-state index in [1.54, 1.807) is 4.90 Å². The standard InChI is InChI=1S/C19H34N2O4/c1-13-8-15(9-14(2)24-13)10-16-19(23-7-6-20-16)11-21(12-19)17(22)25-18(3,4)5/h13-16,20H,6-12H2,1-5H3. The topological polar surface area (TPSA) is 60.0 Å². The van der Waals surface area contributed by atoms with Crippen LogP contribution in [0.2, 0.25) is 0 Å². The summed E-state index contributed by atoms with van der Waals surface area (Å²) in [5, 5.41) is 3.65. The zero-order chi connectivity index (χ0) is 18.2. The molecule has 0 saturated carbocycles. The maximum absolute atomic E-state index is 12.3. The van der Waals surface area contributed by atoms with Gasteiger partial charge < -0.3 is 24.4 Å². The fourth-order valence-electron chi connectivity index (χ4n) is 4.51. The van der Waals surface area contributed by atoms with E-state index in [0.717, 1.165) is 25.8 Å². The molecule has 3 aliphatic heterocycles. The minimum Gasteiger partial charge on any atom is -0.444 e. The predicted molar refractivity (Wildman–Crippen MR) is 95.6 cm³/mol. The van der Waals surface area contributed by atoms with Gasteiger partial charge in [0.2, 0.25) is 0 Å². The Balaban J connectivity index is 1.58. The zero-order valence-corrected chi connectivity index (χ0v) is 16.3. The fraction of sp³-hybridized carbons (Fsp3) is 0.947. The molecule has 1 spiro atoms. The van der Waals surface area contributed by atoms with E-state index in [4.69, 9.17) is 14.2 Å². The molecular formula is C19H34N2O4. The SMILES string of the molecule is CC1CC(CC2NCCOC23CN(C(=O)OC(C)(C)C)C3)CC(C)O1. The third kappa shape index (κ3) is 4.47. The maximum Gasteiger partial charge on any atom is 0.410 e. The molecule has 3 aliphatic rings. The van der Waals surface area contributed by atoms with Crippen molar-refractivity contribution in [3.05, 3.63) is 0 Å². The molecule has 1 amide bonds. The van der Waals surface area contributed by atoms with Crippen LogP contribution in [0.4, 0.5) is 4.79 Å². The third-order valence-corrected chi connectivity index (χ3v) is 5.45. The second-order valence-electron chi connectivity index (χ2n) is 9.09. The molecule has 3 saturated heterocycles. The summed E-state index contributed by atoms with van der Waals surface area (Å²) in [4.78, 5) is 14.0. The predicted octanol–water partition coefficient (Wildman–Crippen LogP) is 2.56. The molecule has 1 N–H and O–H groups in total. The lowest BCUT2D eigenvalue weighted by atomic mass is 9.77. The molecule has 6 heteroatoms. The number of morpholine rings is 1. The van der Waals surface area contributed by atoms with Crippen molar-refractivity contribution in [3.63, 3.8) is 0 Å². The molecule has 3 rings (SSSR count). The van der Waals surface area contributed by atoms with Gasteiger partial charge in [0.05, 0.1) is 31.9 Å². The Hall–Kier alpha value is -0.850. The van der Waals surface area contributed by atoms with E-state index in [-0.39, 0.29) is 11.7 Å². The highest BCUT2D eigenvalue weighted by Gasteiger charge is 2.54. The second kappa shape index (κ2) is 7.05. The van der Waals surface area contributed by atoms with E-state index in [9.17, 15) is 4.79 Å². The summed E-state index contributed by atoms with van der Waals surface area (Å²) in [6, 6.07) is 0.294. The quantitative estimate of drug-likeness (QED) is 0.826. The Labute approximate surface area is 151 Å². The van der Waals surface area contributed by atoms with Crippen LogP contribution < -0.4 is 5.32 Å². The molecule has 144 valence electrons. The Morgan fingerprint density at radius 3 is 2.48 bits per heavy atom. The van der Waals surface area contributed by atoms with Crippen molar-refractivity contribution in [2.45, 2.75) is 83.3 Å². The van der Waals surface area contributed by atoms with E-state index in [1.165, 1.54) is 0 Å².